The van der Waals surface area contributed by atoms with Crippen LogP contribution in [0.1, 0.15) is 11.4 Å². The zero-order chi connectivity index (χ0) is 22.0. The Labute approximate surface area is 190 Å². The van der Waals surface area contributed by atoms with E-state index in [4.69, 9.17) is 4.98 Å². The maximum Gasteiger partial charge on any atom is 0.0893 e. The van der Waals surface area contributed by atoms with Crippen molar-refractivity contribution in [3.63, 3.8) is 0 Å². The first-order chi connectivity index (χ1) is 16.3. The van der Waals surface area contributed by atoms with Crippen LogP contribution >= 0.6 is 0 Å². The Bertz CT molecular complexity index is 1710. The number of H-pyrrole nitrogens is 1. The third-order valence-corrected chi connectivity index (χ3v) is 5.75. The van der Waals surface area contributed by atoms with Gasteiger partial charge >= 0.3 is 0 Å². The molecular formula is C29H20N4. The molecule has 2 aromatic carbocycles. The number of hydrogen-bond acceptors (Lipinski definition) is 3. The van der Waals surface area contributed by atoms with Gasteiger partial charge in [-0.2, -0.15) is 0 Å². The number of nitrogens with zero attached hydrogens (tertiary/aromatic N) is 3. The molecule has 4 heterocycles. The number of pyridine rings is 3. The second kappa shape index (κ2) is 8.17. The van der Waals surface area contributed by atoms with Gasteiger partial charge in [0, 0.05) is 39.3 Å². The molecule has 0 spiro atoms. The van der Waals surface area contributed by atoms with Gasteiger partial charge in [0.15, 0.2) is 0 Å². The summed E-state index contributed by atoms with van der Waals surface area (Å²) in [5, 5.41) is 6.66. The molecule has 4 heteroatoms. The van der Waals surface area contributed by atoms with Crippen LogP contribution in [0.4, 0.5) is 0 Å². The Morgan fingerprint density at radius 1 is 0.545 bits per heavy atom. The quantitative estimate of drug-likeness (QED) is 0.443. The van der Waals surface area contributed by atoms with E-state index in [1.54, 1.807) is 6.20 Å². The van der Waals surface area contributed by atoms with Crippen molar-refractivity contribution < 1.29 is 0 Å². The van der Waals surface area contributed by atoms with Gasteiger partial charge in [-0.3, -0.25) is 9.97 Å². The van der Waals surface area contributed by atoms with Gasteiger partial charge in [-0.25, -0.2) is 4.98 Å². The van der Waals surface area contributed by atoms with Gasteiger partial charge in [-0.15, -0.1) is 0 Å². The average molecular weight is 425 g/mol. The Balaban J connectivity index is 1.54. The minimum absolute atomic E-state index is 0.854. The van der Waals surface area contributed by atoms with E-state index in [-0.39, 0.29) is 0 Å². The Morgan fingerprint density at radius 2 is 1.27 bits per heavy atom. The largest absolute Gasteiger partial charge is 0.354 e. The molecule has 0 saturated carbocycles. The molecule has 4 nitrogen and oxygen atoms in total. The van der Waals surface area contributed by atoms with Gasteiger partial charge in [0.25, 0.3) is 0 Å². The van der Waals surface area contributed by atoms with E-state index >= 15 is 0 Å². The van der Waals surface area contributed by atoms with Crippen LogP contribution in [0.15, 0.2) is 103 Å². The van der Waals surface area contributed by atoms with Crippen molar-refractivity contribution in [1.82, 2.24) is 19.9 Å². The smallest absolute Gasteiger partial charge is 0.0893 e. The lowest BCUT2D eigenvalue weighted by atomic mass is 10.1. The summed E-state index contributed by atoms with van der Waals surface area (Å²) in [5.74, 6) is 0. The number of hydrogen-bond donors (Lipinski definition) is 1. The van der Waals surface area contributed by atoms with Crippen LogP contribution in [0.25, 0.3) is 45.1 Å². The molecule has 0 aliphatic rings. The highest BCUT2D eigenvalue weighted by Gasteiger charge is 2.05. The molecule has 6 rings (SSSR count). The van der Waals surface area contributed by atoms with Crippen molar-refractivity contribution >= 4 is 33.7 Å². The number of rotatable bonds is 3. The standard InChI is InChI=1S/C29H20N4/c1-2-10-22-20(8-1)15-17-31-27(22)19-29-24-12-4-3-11-23(24)28(33-29)18-21-9-7-14-26(32-21)25-13-5-6-16-30-25/h1-19,33H. The maximum absolute atomic E-state index is 4.82. The SMILES string of the molecule is C(c1cccc(-c2ccccn2)n1)=c1[nH]c(=Cc2nccc3ccccc23)c2ccccc12. The van der Waals surface area contributed by atoms with Crippen molar-refractivity contribution in [2.24, 2.45) is 0 Å². The summed E-state index contributed by atoms with van der Waals surface area (Å²) in [6, 6.07) is 30.6. The zero-order valence-corrected chi connectivity index (χ0v) is 17.8. The molecule has 0 bridgehead atoms. The minimum atomic E-state index is 0.854. The highest BCUT2D eigenvalue weighted by molar-refractivity contribution is 5.91. The number of benzene rings is 2. The van der Waals surface area contributed by atoms with E-state index in [9.17, 15) is 0 Å². The first-order valence-corrected chi connectivity index (χ1v) is 10.9. The van der Waals surface area contributed by atoms with E-state index < -0.39 is 0 Å². The van der Waals surface area contributed by atoms with Crippen LogP contribution in [-0.4, -0.2) is 19.9 Å². The molecule has 0 aliphatic carbocycles. The van der Waals surface area contributed by atoms with E-state index in [0.717, 1.165) is 49.6 Å². The summed E-state index contributed by atoms with van der Waals surface area (Å²) >= 11 is 0. The molecule has 1 N–H and O–H groups in total. The first-order valence-electron chi connectivity index (χ1n) is 10.9. The second-order valence-corrected chi connectivity index (χ2v) is 7.87. The van der Waals surface area contributed by atoms with E-state index in [1.165, 1.54) is 5.39 Å². The number of nitrogens with one attached hydrogen (secondary N) is 1. The van der Waals surface area contributed by atoms with Gasteiger partial charge in [-0.05, 0) is 47.9 Å². The van der Waals surface area contributed by atoms with E-state index in [0.29, 0.717) is 0 Å². The molecule has 33 heavy (non-hydrogen) atoms. The van der Waals surface area contributed by atoms with Crippen LogP contribution in [0.3, 0.4) is 0 Å². The fourth-order valence-electron chi connectivity index (χ4n) is 4.19. The van der Waals surface area contributed by atoms with Crippen LogP contribution in [0.5, 0.6) is 0 Å². The topological polar surface area (TPSA) is 54.5 Å². The monoisotopic (exact) mass is 424 g/mol. The summed E-state index contributed by atoms with van der Waals surface area (Å²) < 4.78 is 0. The molecule has 4 aromatic heterocycles. The normalized spacial score (nSPS) is 12.6. The Kier molecular flexibility index (Phi) is 4.74. The van der Waals surface area contributed by atoms with Crippen molar-refractivity contribution in [3.05, 3.63) is 125 Å². The average Bonchev–Trinajstić information content (AvgIpc) is 3.22. The molecule has 0 radical (unpaired) electrons. The lowest BCUT2D eigenvalue weighted by molar-refractivity contribution is 1.22. The number of fused-ring (bicyclic) bond motifs is 2. The van der Waals surface area contributed by atoms with Crippen LogP contribution in [0.2, 0.25) is 0 Å². The Hall–Kier alpha value is -4.57. The van der Waals surface area contributed by atoms with E-state index in [1.807, 2.05) is 54.7 Å². The minimum Gasteiger partial charge on any atom is -0.354 e. The summed E-state index contributed by atoms with van der Waals surface area (Å²) in [6.45, 7) is 0. The highest BCUT2D eigenvalue weighted by Crippen LogP contribution is 2.17. The van der Waals surface area contributed by atoms with Crippen molar-refractivity contribution in [1.29, 1.82) is 0 Å². The maximum atomic E-state index is 4.82. The van der Waals surface area contributed by atoms with E-state index in [2.05, 4.69) is 69.6 Å². The lowest BCUT2D eigenvalue weighted by Crippen LogP contribution is -2.10. The summed E-state index contributed by atoms with van der Waals surface area (Å²) in [7, 11) is 0. The predicted octanol–water partition coefficient (Wildman–Crippen LogP) is 4.83. The molecule has 0 fully saturated rings. The van der Waals surface area contributed by atoms with Gasteiger partial charge < -0.3 is 4.98 Å². The summed E-state index contributed by atoms with van der Waals surface area (Å²) in [5.41, 5.74) is 3.54. The fraction of sp³-hybridized carbons (Fsp3) is 0. The van der Waals surface area contributed by atoms with Gasteiger partial charge in [-0.1, -0.05) is 60.7 Å². The first kappa shape index (κ1) is 19.1. The predicted molar refractivity (Wildman–Crippen MR) is 134 cm³/mol. The summed E-state index contributed by atoms with van der Waals surface area (Å²) in [4.78, 5) is 17.5. The van der Waals surface area contributed by atoms with Crippen LogP contribution in [-0.2, 0) is 0 Å². The zero-order valence-electron chi connectivity index (χ0n) is 17.8. The molecule has 156 valence electrons. The van der Waals surface area contributed by atoms with Crippen molar-refractivity contribution in [2.75, 3.05) is 0 Å². The molecule has 0 unspecified atom stereocenters. The number of aromatic nitrogens is 4. The fourth-order valence-corrected chi connectivity index (χ4v) is 4.19. The van der Waals surface area contributed by atoms with Crippen molar-refractivity contribution in [3.8, 4) is 11.4 Å². The third-order valence-electron chi connectivity index (χ3n) is 5.75. The lowest BCUT2D eigenvalue weighted by Gasteiger charge is -2.00. The molecular weight excluding hydrogens is 404 g/mol. The molecule has 0 atom stereocenters. The van der Waals surface area contributed by atoms with Crippen LogP contribution in [0, 0.1) is 0 Å². The third kappa shape index (κ3) is 3.68. The highest BCUT2D eigenvalue weighted by atomic mass is 14.8. The summed E-state index contributed by atoms with van der Waals surface area (Å²) in [6.07, 6.45) is 7.86. The van der Waals surface area contributed by atoms with Gasteiger partial charge in [0.2, 0.25) is 0 Å². The van der Waals surface area contributed by atoms with Crippen LogP contribution < -0.4 is 10.7 Å². The second-order valence-electron chi connectivity index (χ2n) is 7.87. The van der Waals surface area contributed by atoms with Gasteiger partial charge in [0.05, 0.1) is 22.8 Å². The van der Waals surface area contributed by atoms with Gasteiger partial charge in [0.1, 0.15) is 0 Å². The molecule has 0 amide bonds. The Morgan fingerprint density at radius 3 is 2.09 bits per heavy atom. The van der Waals surface area contributed by atoms with Crippen molar-refractivity contribution in [2.45, 2.75) is 0 Å². The molecule has 6 aromatic rings. The molecule has 0 aliphatic heterocycles. The molecule has 0 saturated heterocycles. The number of aromatic amines is 1.